The number of fused-ring (bicyclic) bond motifs is 1. The van der Waals surface area contributed by atoms with E-state index >= 15 is 0 Å². The molecule has 2 nitrogen and oxygen atoms in total. The van der Waals surface area contributed by atoms with Gasteiger partial charge in [0, 0.05) is 17.1 Å². The number of hydrogen-bond acceptors (Lipinski definition) is 2. The molecule has 0 aliphatic rings. The maximum absolute atomic E-state index is 4.82. The molecule has 130 valence electrons. The van der Waals surface area contributed by atoms with E-state index in [2.05, 4.69) is 82.9 Å². The molecule has 0 fully saturated rings. The molecule has 0 N–H and O–H groups in total. The van der Waals surface area contributed by atoms with Crippen LogP contribution in [0.2, 0.25) is 0 Å². The normalized spacial score (nSPS) is 12.1. The minimum Gasteiger partial charge on any atom is -0.236 e. The molecule has 0 aliphatic heterocycles. The lowest BCUT2D eigenvalue weighted by molar-refractivity contribution is 0.590. The van der Waals surface area contributed by atoms with Gasteiger partial charge in [-0.25, -0.2) is 9.97 Å². The lowest BCUT2D eigenvalue weighted by Gasteiger charge is -2.20. The minimum absolute atomic E-state index is 0.114. The van der Waals surface area contributed by atoms with Gasteiger partial charge in [-0.2, -0.15) is 0 Å². The number of rotatable bonds is 3. The van der Waals surface area contributed by atoms with E-state index in [0.717, 1.165) is 28.7 Å². The highest BCUT2D eigenvalue weighted by Crippen LogP contribution is 2.28. The summed E-state index contributed by atoms with van der Waals surface area (Å²) in [6.45, 7) is 13.3. The standard InChI is InChI=1S/C23H28N2/c1-15(2)9-17-7-8-21-19(12-17)14-24-22(25-21)18-10-16(3)11-20(13-18)23(4,5)6/h7-8,10-15H,9H2,1-6H3. The third-order valence-electron chi connectivity index (χ3n) is 4.49. The summed E-state index contributed by atoms with van der Waals surface area (Å²) in [7, 11) is 0. The smallest absolute Gasteiger partial charge is 0.159 e. The van der Waals surface area contributed by atoms with Gasteiger partial charge in [0.25, 0.3) is 0 Å². The Morgan fingerprint density at radius 3 is 2.44 bits per heavy atom. The van der Waals surface area contributed by atoms with Gasteiger partial charge in [-0.05, 0) is 60.1 Å². The molecule has 0 amide bonds. The average molecular weight is 332 g/mol. The molecule has 3 aromatic rings. The lowest BCUT2D eigenvalue weighted by atomic mass is 9.85. The highest BCUT2D eigenvalue weighted by Gasteiger charge is 2.16. The summed E-state index contributed by atoms with van der Waals surface area (Å²) in [6.07, 6.45) is 3.05. The predicted octanol–water partition coefficient (Wildman–Crippen LogP) is 6.10. The van der Waals surface area contributed by atoms with Crippen LogP contribution in [-0.2, 0) is 11.8 Å². The fourth-order valence-corrected chi connectivity index (χ4v) is 3.17. The number of aryl methyl sites for hydroxylation is 1. The quantitative estimate of drug-likeness (QED) is 0.579. The first kappa shape index (κ1) is 17.6. The number of hydrogen-bond donors (Lipinski definition) is 0. The van der Waals surface area contributed by atoms with E-state index in [1.54, 1.807) is 0 Å². The summed E-state index contributed by atoms with van der Waals surface area (Å²) in [4.78, 5) is 9.47. The fraction of sp³-hybridized carbons (Fsp3) is 0.391. The molecule has 3 rings (SSSR count). The first-order valence-corrected chi connectivity index (χ1v) is 9.10. The van der Waals surface area contributed by atoms with Crippen molar-refractivity contribution in [2.24, 2.45) is 5.92 Å². The molecule has 2 heteroatoms. The molecule has 0 unspecified atom stereocenters. The lowest BCUT2D eigenvalue weighted by Crippen LogP contribution is -2.11. The van der Waals surface area contributed by atoms with Crippen LogP contribution in [-0.4, -0.2) is 9.97 Å². The monoisotopic (exact) mass is 332 g/mol. The summed E-state index contributed by atoms with van der Waals surface area (Å²) in [5.74, 6) is 1.46. The first-order chi connectivity index (χ1) is 11.7. The van der Waals surface area contributed by atoms with E-state index in [4.69, 9.17) is 4.98 Å². The number of aromatic nitrogens is 2. The van der Waals surface area contributed by atoms with E-state index in [1.165, 1.54) is 16.7 Å². The van der Waals surface area contributed by atoms with Crippen LogP contribution in [0, 0.1) is 12.8 Å². The van der Waals surface area contributed by atoms with E-state index in [0.29, 0.717) is 5.92 Å². The van der Waals surface area contributed by atoms with Crippen molar-refractivity contribution in [3.05, 3.63) is 59.3 Å². The van der Waals surface area contributed by atoms with Crippen LogP contribution in [0.15, 0.2) is 42.6 Å². The average Bonchev–Trinajstić information content (AvgIpc) is 2.52. The molecule has 0 saturated carbocycles. The van der Waals surface area contributed by atoms with Crippen molar-refractivity contribution >= 4 is 10.9 Å². The predicted molar refractivity (Wildman–Crippen MR) is 107 cm³/mol. The zero-order valence-electron chi connectivity index (χ0n) is 16.2. The van der Waals surface area contributed by atoms with Crippen molar-refractivity contribution in [1.29, 1.82) is 0 Å². The molecule has 0 bridgehead atoms. The number of benzene rings is 2. The molecule has 1 heterocycles. The van der Waals surface area contributed by atoms with Crippen molar-refractivity contribution < 1.29 is 0 Å². The molecular weight excluding hydrogens is 304 g/mol. The van der Waals surface area contributed by atoms with E-state index in [-0.39, 0.29) is 5.41 Å². The molecule has 1 aromatic heterocycles. The van der Waals surface area contributed by atoms with Gasteiger partial charge < -0.3 is 0 Å². The molecule has 0 saturated heterocycles. The van der Waals surface area contributed by atoms with Gasteiger partial charge in [0.1, 0.15) is 0 Å². The van der Waals surface area contributed by atoms with Crippen LogP contribution in [0.5, 0.6) is 0 Å². The summed E-state index contributed by atoms with van der Waals surface area (Å²) in [5.41, 5.74) is 6.14. The van der Waals surface area contributed by atoms with Crippen molar-refractivity contribution in [1.82, 2.24) is 9.97 Å². The molecule has 0 atom stereocenters. The van der Waals surface area contributed by atoms with Gasteiger partial charge >= 0.3 is 0 Å². The van der Waals surface area contributed by atoms with Crippen molar-refractivity contribution in [2.45, 2.75) is 53.4 Å². The fourth-order valence-electron chi connectivity index (χ4n) is 3.17. The summed E-state index contributed by atoms with van der Waals surface area (Å²) in [5, 5.41) is 1.12. The highest BCUT2D eigenvalue weighted by atomic mass is 14.9. The Balaban J connectivity index is 2.03. The summed E-state index contributed by atoms with van der Waals surface area (Å²) in [6, 6.07) is 13.2. The molecule has 0 radical (unpaired) electrons. The molecule has 0 aliphatic carbocycles. The van der Waals surface area contributed by atoms with Gasteiger partial charge in [-0.3, -0.25) is 0 Å². The Morgan fingerprint density at radius 1 is 1.00 bits per heavy atom. The summed E-state index contributed by atoms with van der Waals surface area (Å²) < 4.78 is 0. The number of nitrogens with zero attached hydrogens (tertiary/aromatic N) is 2. The molecule has 25 heavy (non-hydrogen) atoms. The Morgan fingerprint density at radius 2 is 1.76 bits per heavy atom. The molecule has 0 spiro atoms. The highest BCUT2D eigenvalue weighted by molar-refractivity contribution is 5.80. The van der Waals surface area contributed by atoms with Crippen LogP contribution in [0.1, 0.15) is 51.3 Å². The van der Waals surface area contributed by atoms with E-state index in [9.17, 15) is 0 Å². The third kappa shape index (κ3) is 4.07. The van der Waals surface area contributed by atoms with Crippen LogP contribution in [0.4, 0.5) is 0 Å². The van der Waals surface area contributed by atoms with Gasteiger partial charge in [0.2, 0.25) is 0 Å². The van der Waals surface area contributed by atoms with Crippen LogP contribution in [0.25, 0.3) is 22.3 Å². The third-order valence-corrected chi connectivity index (χ3v) is 4.49. The van der Waals surface area contributed by atoms with Gasteiger partial charge in [-0.1, -0.05) is 52.3 Å². The Hall–Kier alpha value is -2.22. The Kier molecular flexibility index (Phi) is 4.64. The van der Waals surface area contributed by atoms with Crippen molar-refractivity contribution in [3.8, 4) is 11.4 Å². The van der Waals surface area contributed by atoms with E-state index in [1.807, 2.05) is 6.20 Å². The van der Waals surface area contributed by atoms with Gasteiger partial charge in [0.05, 0.1) is 5.52 Å². The first-order valence-electron chi connectivity index (χ1n) is 9.10. The second-order valence-electron chi connectivity index (χ2n) is 8.52. The molecule has 2 aromatic carbocycles. The zero-order chi connectivity index (χ0) is 18.2. The van der Waals surface area contributed by atoms with Crippen LogP contribution in [0.3, 0.4) is 0 Å². The SMILES string of the molecule is Cc1cc(-c2ncc3cc(CC(C)C)ccc3n2)cc(C(C)(C)C)c1. The maximum Gasteiger partial charge on any atom is 0.159 e. The topological polar surface area (TPSA) is 25.8 Å². The van der Waals surface area contributed by atoms with Crippen LogP contribution >= 0.6 is 0 Å². The molecular formula is C23H28N2. The Bertz CT molecular complexity index is 902. The van der Waals surface area contributed by atoms with Gasteiger partial charge in [0.15, 0.2) is 5.82 Å². The van der Waals surface area contributed by atoms with E-state index < -0.39 is 0 Å². The summed E-state index contributed by atoms with van der Waals surface area (Å²) >= 11 is 0. The Labute approximate surface area is 151 Å². The second-order valence-corrected chi connectivity index (χ2v) is 8.52. The largest absolute Gasteiger partial charge is 0.236 e. The van der Waals surface area contributed by atoms with Gasteiger partial charge in [-0.15, -0.1) is 0 Å². The minimum atomic E-state index is 0.114. The van der Waals surface area contributed by atoms with Crippen molar-refractivity contribution in [3.63, 3.8) is 0 Å². The van der Waals surface area contributed by atoms with Crippen LogP contribution < -0.4 is 0 Å². The zero-order valence-corrected chi connectivity index (χ0v) is 16.2. The maximum atomic E-state index is 4.82. The second kappa shape index (κ2) is 6.59. The van der Waals surface area contributed by atoms with Crippen molar-refractivity contribution in [2.75, 3.05) is 0 Å².